The molecule has 0 aliphatic heterocycles. The molecule has 0 atom stereocenters. The van der Waals surface area contributed by atoms with Gasteiger partial charge in [-0.2, -0.15) is 0 Å². The molecule has 0 unspecified atom stereocenters. The quantitative estimate of drug-likeness (QED) is 0.850. The average Bonchev–Trinajstić information content (AvgIpc) is 3.20. The summed E-state index contributed by atoms with van der Waals surface area (Å²) in [6, 6.07) is 4.94. The summed E-state index contributed by atoms with van der Waals surface area (Å²) in [6.07, 6.45) is 6.35. The standard InChI is InChI=1S/C15H20N4S/c1-2-16-8-12-9-18-15(10-17-12)19(13-5-6-13)11-14-4-3-7-20-14/h3-4,7,9-10,13,16H,2,5-6,8,11H2,1H3. The predicted octanol–water partition coefficient (Wildman–Crippen LogP) is 2.82. The highest BCUT2D eigenvalue weighted by molar-refractivity contribution is 7.09. The molecular formula is C15H20N4S. The van der Waals surface area contributed by atoms with Crippen LogP contribution >= 0.6 is 11.3 Å². The molecule has 0 amide bonds. The van der Waals surface area contributed by atoms with Crippen molar-refractivity contribution in [3.63, 3.8) is 0 Å². The Morgan fingerprint density at radius 2 is 2.25 bits per heavy atom. The Morgan fingerprint density at radius 1 is 1.35 bits per heavy atom. The van der Waals surface area contributed by atoms with Crippen molar-refractivity contribution < 1.29 is 0 Å². The summed E-state index contributed by atoms with van der Waals surface area (Å²) in [6.45, 7) is 4.79. The van der Waals surface area contributed by atoms with E-state index in [0.29, 0.717) is 6.04 Å². The Morgan fingerprint density at radius 3 is 2.85 bits per heavy atom. The summed E-state index contributed by atoms with van der Waals surface area (Å²) in [4.78, 5) is 12.9. The zero-order valence-electron chi connectivity index (χ0n) is 11.7. The molecule has 2 aromatic heterocycles. The molecule has 5 heteroatoms. The minimum absolute atomic E-state index is 0.644. The molecule has 1 aliphatic rings. The van der Waals surface area contributed by atoms with Gasteiger partial charge in [-0.05, 0) is 30.8 Å². The van der Waals surface area contributed by atoms with E-state index >= 15 is 0 Å². The average molecular weight is 288 g/mol. The van der Waals surface area contributed by atoms with Crippen LogP contribution in [0.5, 0.6) is 0 Å². The SMILES string of the molecule is CCNCc1cnc(N(Cc2cccs2)C2CC2)cn1. The zero-order chi connectivity index (χ0) is 13.8. The number of aromatic nitrogens is 2. The fourth-order valence-corrected chi connectivity index (χ4v) is 2.90. The molecule has 0 radical (unpaired) electrons. The molecule has 2 aromatic rings. The van der Waals surface area contributed by atoms with Crippen molar-refractivity contribution in [1.82, 2.24) is 15.3 Å². The first-order valence-electron chi connectivity index (χ1n) is 7.17. The summed E-state index contributed by atoms with van der Waals surface area (Å²) in [7, 11) is 0. The maximum atomic E-state index is 4.60. The third-order valence-electron chi connectivity index (χ3n) is 3.44. The highest BCUT2D eigenvalue weighted by Crippen LogP contribution is 2.32. The van der Waals surface area contributed by atoms with Gasteiger partial charge in [0.2, 0.25) is 0 Å². The van der Waals surface area contributed by atoms with Gasteiger partial charge in [-0.1, -0.05) is 13.0 Å². The lowest BCUT2D eigenvalue weighted by atomic mass is 10.3. The van der Waals surface area contributed by atoms with Crippen molar-refractivity contribution in [3.8, 4) is 0 Å². The third kappa shape index (κ3) is 3.35. The van der Waals surface area contributed by atoms with Crippen LogP contribution < -0.4 is 10.2 Å². The summed E-state index contributed by atoms with van der Waals surface area (Å²) in [5.74, 6) is 1.00. The van der Waals surface area contributed by atoms with Gasteiger partial charge >= 0.3 is 0 Å². The molecule has 3 rings (SSSR count). The van der Waals surface area contributed by atoms with E-state index in [1.165, 1.54) is 17.7 Å². The summed E-state index contributed by atoms with van der Waals surface area (Å²) in [5.41, 5.74) is 1.00. The number of nitrogens with one attached hydrogen (secondary N) is 1. The number of hydrogen-bond acceptors (Lipinski definition) is 5. The van der Waals surface area contributed by atoms with Crippen molar-refractivity contribution in [2.24, 2.45) is 0 Å². The second-order valence-corrected chi connectivity index (χ2v) is 6.12. The molecule has 1 fully saturated rings. The Labute approximate surface area is 123 Å². The Balaban J connectivity index is 1.70. The molecule has 0 aromatic carbocycles. The molecule has 20 heavy (non-hydrogen) atoms. The second kappa shape index (κ2) is 6.33. The Bertz CT molecular complexity index is 519. The lowest BCUT2D eigenvalue weighted by molar-refractivity contribution is 0.703. The van der Waals surface area contributed by atoms with Crippen LogP contribution in [0, 0.1) is 0 Å². The molecule has 1 aliphatic carbocycles. The van der Waals surface area contributed by atoms with Gasteiger partial charge in [0.25, 0.3) is 0 Å². The third-order valence-corrected chi connectivity index (χ3v) is 4.30. The largest absolute Gasteiger partial charge is 0.347 e. The summed E-state index contributed by atoms with van der Waals surface area (Å²) < 4.78 is 0. The molecule has 0 bridgehead atoms. The van der Waals surface area contributed by atoms with E-state index in [4.69, 9.17) is 0 Å². The molecule has 0 spiro atoms. The highest BCUT2D eigenvalue weighted by Gasteiger charge is 2.30. The molecule has 1 N–H and O–H groups in total. The summed E-state index contributed by atoms with van der Waals surface area (Å²) in [5, 5.41) is 5.40. The maximum Gasteiger partial charge on any atom is 0.147 e. The van der Waals surface area contributed by atoms with Crippen molar-refractivity contribution >= 4 is 17.2 Å². The van der Waals surface area contributed by atoms with Crippen molar-refractivity contribution in [3.05, 3.63) is 40.5 Å². The zero-order valence-corrected chi connectivity index (χ0v) is 12.6. The fourth-order valence-electron chi connectivity index (χ4n) is 2.19. The van der Waals surface area contributed by atoms with Gasteiger partial charge in [0.05, 0.1) is 24.6 Å². The fraction of sp³-hybridized carbons (Fsp3) is 0.467. The molecule has 106 valence electrons. The van der Waals surface area contributed by atoms with E-state index in [-0.39, 0.29) is 0 Å². The van der Waals surface area contributed by atoms with Crippen LogP contribution in [-0.2, 0) is 13.1 Å². The van der Waals surface area contributed by atoms with Gasteiger partial charge < -0.3 is 10.2 Å². The number of hydrogen-bond donors (Lipinski definition) is 1. The first kappa shape index (κ1) is 13.5. The van der Waals surface area contributed by atoms with Gasteiger partial charge in [0.1, 0.15) is 5.82 Å². The van der Waals surface area contributed by atoms with Gasteiger partial charge in [-0.3, -0.25) is 4.98 Å². The molecule has 0 saturated heterocycles. The van der Waals surface area contributed by atoms with E-state index in [1.807, 2.05) is 12.4 Å². The number of nitrogens with zero attached hydrogens (tertiary/aromatic N) is 3. The lowest BCUT2D eigenvalue weighted by Crippen LogP contribution is -2.26. The van der Waals surface area contributed by atoms with Crippen LogP contribution in [-0.4, -0.2) is 22.6 Å². The number of thiophene rings is 1. The van der Waals surface area contributed by atoms with Crippen LogP contribution in [0.4, 0.5) is 5.82 Å². The minimum Gasteiger partial charge on any atom is -0.347 e. The van der Waals surface area contributed by atoms with Gasteiger partial charge in [-0.25, -0.2) is 4.98 Å². The van der Waals surface area contributed by atoms with Crippen LogP contribution in [0.25, 0.3) is 0 Å². The molecule has 1 saturated carbocycles. The van der Waals surface area contributed by atoms with Crippen LogP contribution in [0.15, 0.2) is 29.9 Å². The predicted molar refractivity (Wildman–Crippen MR) is 82.9 cm³/mol. The van der Waals surface area contributed by atoms with E-state index < -0.39 is 0 Å². The normalized spacial score (nSPS) is 14.4. The first-order chi connectivity index (χ1) is 9.86. The van der Waals surface area contributed by atoms with Crippen LogP contribution in [0.2, 0.25) is 0 Å². The first-order valence-corrected chi connectivity index (χ1v) is 8.05. The van der Waals surface area contributed by atoms with Gasteiger partial charge in [-0.15, -0.1) is 11.3 Å². The lowest BCUT2D eigenvalue weighted by Gasteiger charge is -2.22. The van der Waals surface area contributed by atoms with Crippen LogP contribution in [0.3, 0.4) is 0 Å². The van der Waals surface area contributed by atoms with Crippen LogP contribution in [0.1, 0.15) is 30.3 Å². The van der Waals surface area contributed by atoms with Gasteiger partial charge in [0, 0.05) is 17.5 Å². The highest BCUT2D eigenvalue weighted by atomic mass is 32.1. The molecule has 2 heterocycles. The minimum atomic E-state index is 0.644. The maximum absolute atomic E-state index is 4.60. The van der Waals surface area contributed by atoms with E-state index in [1.54, 1.807) is 11.3 Å². The smallest absolute Gasteiger partial charge is 0.147 e. The number of anilines is 1. The summed E-state index contributed by atoms with van der Waals surface area (Å²) >= 11 is 1.81. The van der Waals surface area contributed by atoms with E-state index in [0.717, 1.165) is 31.1 Å². The van der Waals surface area contributed by atoms with Crippen molar-refractivity contribution in [2.45, 2.75) is 38.9 Å². The second-order valence-electron chi connectivity index (χ2n) is 5.08. The van der Waals surface area contributed by atoms with Gasteiger partial charge in [0.15, 0.2) is 0 Å². The van der Waals surface area contributed by atoms with Crippen molar-refractivity contribution in [1.29, 1.82) is 0 Å². The Kier molecular flexibility index (Phi) is 4.28. The number of rotatable bonds is 7. The molecular weight excluding hydrogens is 268 g/mol. The van der Waals surface area contributed by atoms with Crippen molar-refractivity contribution in [2.75, 3.05) is 11.4 Å². The van der Waals surface area contributed by atoms with E-state index in [2.05, 4.69) is 44.6 Å². The monoisotopic (exact) mass is 288 g/mol. The van der Waals surface area contributed by atoms with E-state index in [9.17, 15) is 0 Å². The topological polar surface area (TPSA) is 41.1 Å². The Hall–Kier alpha value is -1.46. The molecule has 4 nitrogen and oxygen atoms in total.